The van der Waals surface area contributed by atoms with Gasteiger partial charge in [0.1, 0.15) is 5.25 Å². The Labute approximate surface area is 98.7 Å². The lowest BCUT2D eigenvalue weighted by Crippen LogP contribution is -2.43. The van der Waals surface area contributed by atoms with E-state index in [1.165, 1.54) is 0 Å². The summed E-state index contributed by atoms with van der Waals surface area (Å²) in [7, 11) is -3.81. The van der Waals surface area contributed by atoms with E-state index < -0.39 is 39.9 Å². The molecule has 98 valence electrons. The van der Waals surface area contributed by atoms with Gasteiger partial charge in [-0.15, -0.1) is 0 Å². The van der Waals surface area contributed by atoms with Crippen molar-refractivity contribution in [1.82, 2.24) is 5.32 Å². The van der Waals surface area contributed by atoms with Crippen molar-refractivity contribution >= 4 is 21.7 Å². The van der Waals surface area contributed by atoms with Gasteiger partial charge in [0, 0.05) is 19.7 Å². The molecule has 0 spiro atoms. The van der Waals surface area contributed by atoms with Crippen LogP contribution in [-0.2, 0) is 24.2 Å². The number of esters is 1. The third-order valence-electron chi connectivity index (χ3n) is 1.78. The highest BCUT2D eigenvalue weighted by molar-refractivity contribution is 7.91. The van der Waals surface area contributed by atoms with Gasteiger partial charge in [-0.1, -0.05) is 6.58 Å². The quantitative estimate of drug-likeness (QED) is 0.520. The van der Waals surface area contributed by atoms with Crippen LogP contribution in [0.1, 0.15) is 6.92 Å². The summed E-state index contributed by atoms with van der Waals surface area (Å²) in [6.07, 6.45) is -0.626. The fraction of sp³-hybridized carbons (Fsp3) is 0.556. The molecule has 0 saturated carbocycles. The SMILES string of the molecule is C=CC(=O)NCC(C(F)OC(C)=O)S(C)(=O)=O. The number of sulfone groups is 1. The Balaban J connectivity index is 4.72. The molecule has 0 rings (SSSR count). The molecule has 0 saturated heterocycles. The number of alkyl halides is 1. The van der Waals surface area contributed by atoms with E-state index in [-0.39, 0.29) is 0 Å². The summed E-state index contributed by atoms with van der Waals surface area (Å²) in [5.41, 5.74) is 0. The second-order valence-electron chi connectivity index (χ2n) is 3.28. The first kappa shape index (κ1) is 15.6. The molecule has 0 radical (unpaired) electrons. The zero-order chi connectivity index (χ0) is 13.6. The lowest BCUT2D eigenvalue weighted by atomic mass is 10.4. The molecule has 1 N–H and O–H groups in total. The van der Waals surface area contributed by atoms with E-state index in [0.717, 1.165) is 19.3 Å². The molecule has 0 aromatic carbocycles. The molecule has 0 bridgehead atoms. The maximum Gasteiger partial charge on any atom is 0.305 e. The van der Waals surface area contributed by atoms with Crippen LogP contribution in [0.4, 0.5) is 4.39 Å². The number of carbonyl (C=O) groups excluding carboxylic acids is 2. The van der Waals surface area contributed by atoms with E-state index in [0.29, 0.717) is 0 Å². The molecular formula is C9H14FNO5S. The van der Waals surface area contributed by atoms with Crippen molar-refractivity contribution in [2.45, 2.75) is 18.5 Å². The molecule has 2 unspecified atom stereocenters. The fourth-order valence-electron chi connectivity index (χ4n) is 0.946. The molecule has 0 fully saturated rings. The van der Waals surface area contributed by atoms with Crippen molar-refractivity contribution in [3.8, 4) is 0 Å². The minimum atomic E-state index is -3.81. The third-order valence-corrected chi connectivity index (χ3v) is 3.26. The van der Waals surface area contributed by atoms with Crippen LogP contribution >= 0.6 is 0 Å². The largest absolute Gasteiger partial charge is 0.430 e. The van der Waals surface area contributed by atoms with Crippen molar-refractivity contribution in [2.75, 3.05) is 12.8 Å². The molecule has 17 heavy (non-hydrogen) atoms. The lowest BCUT2D eigenvalue weighted by Gasteiger charge is -2.19. The van der Waals surface area contributed by atoms with E-state index in [1.807, 2.05) is 0 Å². The van der Waals surface area contributed by atoms with E-state index >= 15 is 0 Å². The van der Waals surface area contributed by atoms with Gasteiger partial charge in [0.2, 0.25) is 5.91 Å². The summed E-state index contributed by atoms with van der Waals surface area (Å²) < 4.78 is 40.0. The van der Waals surface area contributed by atoms with Crippen molar-refractivity contribution in [2.24, 2.45) is 0 Å². The first-order valence-electron chi connectivity index (χ1n) is 4.59. The summed E-state index contributed by atoms with van der Waals surface area (Å²) in [5, 5.41) is 0.482. The second kappa shape index (κ2) is 6.33. The van der Waals surface area contributed by atoms with Crippen LogP contribution < -0.4 is 5.32 Å². The second-order valence-corrected chi connectivity index (χ2v) is 5.54. The first-order chi connectivity index (χ1) is 7.68. The Hall–Kier alpha value is -1.44. The van der Waals surface area contributed by atoms with Gasteiger partial charge in [-0.3, -0.25) is 9.59 Å². The van der Waals surface area contributed by atoms with Crippen molar-refractivity contribution in [1.29, 1.82) is 0 Å². The molecule has 6 nitrogen and oxygen atoms in total. The highest BCUT2D eigenvalue weighted by atomic mass is 32.2. The molecule has 0 aliphatic carbocycles. The standard InChI is InChI=1S/C9H14FNO5S/c1-4-8(13)11-5-7(17(3,14)15)9(10)16-6(2)12/h4,7,9H,1,5H2,2-3H3,(H,11,13). The zero-order valence-corrected chi connectivity index (χ0v) is 10.3. The molecule has 0 aliphatic rings. The minimum absolute atomic E-state index is 0.502. The van der Waals surface area contributed by atoms with Gasteiger partial charge < -0.3 is 10.1 Å². The third kappa shape index (κ3) is 6.00. The number of amides is 1. The molecule has 8 heteroatoms. The Morgan fingerprint density at radius 3 is 2.41 bits per heavy atom. The predicted octanol–water partition coefficient (Wildman–Crippen LogP) is -0.439. The smallest absolute Gasteiger partial charge is 0.305 e. The summed E-state index contributed by atoms with van der Waals surface area (Å²) in [6.45, 7) is 3.60. The van der Waals surface area contributed by atoms with Crippen LogP contribution in [-0.4, -0.2) is 44.7 Å². The molecule has 2 atom stereocenters. The Morgan fingerprint density at radius 2 is 2.06 bits per heavy atom. The van der Waals surface area contributed by atoms with Gasteiger partial charge in [0.05, 0.1) is 0 Å². The van der Waals surface area contributed by atoms with E-state index in [1.54, 1.807) is 0 Å². The highest BCUT2D eigenvalue weighted by Gasteiger charge is 2.33. The van der Waals surface area contributed by atoms with Gasteiger partial charge in [-0.2, -0.15) is 0 Å². The fourth-order valence-corrected chi connectivity index (χ4v) is 1.78. The van der Waals surface area contributed by atoms with Crippen LogP contribution in [0, 0.1) is 0 Å². The number of halogens is 1. The number of rotatable bonds is 6. The molecule has 1 amide bonds. The summed E-state index contributed by atoms with van der Waals surface area (Å²) in [6, 6.07) is 0. The van der Waals surface area contributed by atoms with E-state index in [9.17, 15) is 22.4 Å². The summed E-state index contributed by atoms with van der Waals surface area (Å²) >= 11 is 0. The van der Waals surface area contributed by atoms with Gasteiger partial charge in [-0.25, -0.2) is 12.8 Å². The number of nitrogens with one attached hydrogen (secondary N) is 1. The van der Waals surface area contributed by atoms with Crippen molar-refractivity contribution < 1.29 is 27.1 Å². The first-order valence-corrected chi connectivity index (χ1v) is 6.54. The molecule has 0 aliphatic heterocycles. The molecule has 0 aromatic rings. The van der Waals surface area contributed by atoms with E-state index in [4.69, 9.17) is 0 Å². The summed E-state index contributed by atoms with van der Waals surface area (Å²) in [4.78, 5) is 21.4. The number of hydrogen-bond donors (Lipinski definition) is 1. The van der Waals surface area contributed by atoms with E-state index in [2.05, 4.69) is 16.6 Å². The monoisotopic (exact) mass is 267 g/mol. The number of ether oxygens (including phenoxy) is 1. The number of carbonyl (C=O) groups is 2. The zero-order valence-electron chi connectivity index (χ0n) is 9.47. The Morgan fingerprint density at radius 1 is 1.53 bits per heavy atom. The topological polar surface area (TPSA) is 89.5 Å². The Kier molecular flexibility index (Phi) is 5.80. The lowest BCUT2D eigenvalue weighted by molar-refractivity contribution is -0.154. The maximum atomic E-state index is 13.4. The van der Waals surface area contributed by atoms with Gasteiger partial charge in [0.25, 0.3) is 6.36 Å². The number of hydrogen-bond acceptors (Lipinski definition) is 5. The van der Waals surface area contributed by atoms with Crippen molar-refractivity contribution in [3.05, 3.63) is 12.7 Å². The average molecular weight is 267 g/mol. The van der Waals surface area contributed by atoms with Crippen LogP contribution in [0.3, 0.4) is 0 Å². The van der Waals surface area contributed by atoms with Crippen LogP contribution in [0.15, 0.2) is 12.7 Å². The molecule has 0 heterocycles. The van der Waals surface area contributed by atoms with Crippen LogP contribution in [0.25, 0.3) is 0 Å². The van der Waals surface area contributed by atoms with Gasteiger partial charge in [-0.05, 0) is 6.08 Å². The highest BCUT2D eigenvalue weighted by Crippen LogP contribution is 2.10. The van der Waals surface area contributed by atoms with Crippen molar-refractivity contribution in [3.63, 3.8) is 0 Å². The van der Waals surface area contributed by atoms with Crippen LogP contribution in [0.2, 0.25) is 0 Å². The normalized spacial score (nSPS) is 14.5. The molecular weight excluding hydrogens is 253 g/mol. The minimum Gasteiger partial charge on any atom is -0.430 e. The Bertz CT molecular complexity index is 406. The predicted molar refractivity (Wildman–Crippen MR) is 58.5 cm³/mol. The van der Waals surface area contributed by atoms with Gasteiger partial charge in [0.15, 0.2) is 9.84 Å². The van der Waals surface area contributed by atoms with Crippen LogP contribution in [0.5, 0.6) is 0 Å². The average Bonchev–Trinajstić information content (AvgIpc) is 2.14. The summed E-state index contributed by atoms with van der Waals surface area (Å²) in [5.74, 6) is -1.59. The molecule has 0 aromatic heterocycles. The van der Waals surface area contributed by atoms with Gasteiger partial charge >= 0.3 is 5.97 Å². The maximum absolute atomic E-state index is 13.4.